The van der Waals surface area contributed by atoms with E-state index >= 15 is 0 Å². The fourth-order valence-electron chi connectivity index (χ4n) is 1.41. The molecule has 0 radical (unpaired) electrons. The van der Waals surface area contributed by atoms with Crippen molar-refractivity contribution >= 4 is 0 Å². The molecular formula is C11H12FN3O2. The SMILES string of the molecule is Cc1nc(COc2c(F)cccc2CN)no1. The van der Waals surface area contributed by atoms with E-state index < -0.39 is 5.82 Å². The summed E-state index contributed by atoms with van der Waals surface area (Å²) in [6.45, 7) is 1.93. The van der Waals surface area contributed by atoms with E-state index in [0.717, 1.165) is 0 Å². The second kappa shape index (κ2) is 4.92. The average molecular weight is 237 g/mol. The van der Waals surface area contributed by atoms with Gasteiger partial charge in [0.1, 0.15) is 0 Å². The molecule has 0 atom stereocenters. The molecule has 0 unspecified atom stereocenters. The number of rotatable bonds is 4. The van der Waals surface area contributed by atoms with E-state index in [1.54, 1.807) is 19.1 Å². The molecule has 0 aliphatic carbocycles. The highest BCUT2D eigenvalue weighted by atomic mass is 19.1. The Morgan fingerprint density at radius 2 is 2.29 bits per heavy atom. The van der Waals surface area contributed by atoms with Crippen molar-refractivity contribution < 1.29 is 13.7 Å². The van der Waals surface area contributed by atoms with E-state index in [1.807, 2.05) is 0 Å². The maximum atomic E-state index is 13.5. The zero-order valence-electron chi connectivity index (χ0n) is 9.31. The molecule has 2 aromatic rings. The zero-order valence-corrected chi connectivity index (χ0v) is 9.31. The van der Waals surface area contributed by atoms with E-state index in [4.69, 9.17) is 15.0 Å². The lowest BCUT2D eigenvalue weighted by molar-refractivity contribution is 0.270. The Morgan fingerprint density at radius 3 is 2.94 bits per heavy atom. The second-order valence-corrected chi connectivity index (χ2v) is 3.45. The Labute approximate surface area is 97.4 Å². The molecule has 5 nitrogen and oxygen atoms in total. The van der Waals surface area contributed by atoms with Crippen molar-refractivity contribution in [1.82, 2.24) is 10.1 Å². The number of aromatic nitrogens is 2. The van der Waals surface area contributed by atoms with Crippen LogP contribution >= 0.6 is 0 Å². The summed E-state index contributed by atoms with van der Waals surface area (Å²) in [6.07, 6.45) is 0. The van der Waals surface area contributed by atoms with Gasteiger partial charge in [-0.1, -0.05) is 17.3 Å². The van der Waals surface area contributed by atoms with Gasteiger partial charge in [-0.25, -0.2) is 4.39 Å². The standard InChI is InChI=1S/C11H12FN3O2/c1-7-14-10(15-17-7)6-16-11-8(5-13)3-2-4-9(11)12/h2-4H,5-6,13H2,1H3. The van der Waals surface area contributed by atoms with Gasteiger partial charge in [0.15, 0.2) is 18.2 Å². The minimum absolute atomic E-state index is 0.0469. The molecule has 0 aliphatic rings. The lowest BCUT2D eigenvalue weighted by Crippen LogP contribution is -2.05. The van der Waals surface area contributed by atoms with Crippen LogP contribution < -0.4 is 10.5 Å². The van der Waals surface area contributed by atoms with Gasteiger partial charge >= 0.3 is 0 Å². The third-order valence-electron chi connectivity index (χ3n) is 2.18. The van der Waals surface area contributed by atoms with Crippen molar-refractivity contribution in [3.05, 3.63) is 41.3 Å². The number of nitrogens with zero attached hydrogens (tertiary/aromatic N) is 2. The molecule has 1 heterocycles. The summed E-state index contributed by atoms with van der Waals surface area (Å²) in [5, 5.41) is 3.65. The van der Waals surface area contributed by atoms with Crippen LogP contribution in [0.5, 0.6) is 5.75 Å². The summed E-state index contributed by atoms with van der Waals surface area (Å²) in [4.78, 5) is 3.95. The number of hydrogen-bond acceptors (Lipinski definition) is 5. The molecule has 0 saturated carbocycles. The summed E-state index contributed by atoms with van der Waals surface area (Å²) in [6, 6.07) is 4.61. The molecule has 0 saturated heterocycles. The van der Waals surface area contributed by atoms with Crippen LogP contribution in [-0.4, -0.2) is 10.1 Å². The first-order chi connectivity index (χ1) is 8.20. The van der Waals surface area contributed by atoms with Gasteiger partial charge in [0.05, 0.1) is 0 Å². The predicted octanol–water partition coefficient (Wildman–Crippen LogP) is 1.55. The first-order valence-electron chi connectivity index (χ1n) is 5.10. The van der Waals surface area contributed by atoms with E-state index in [1.165, 1.54) is 6.07 Å². The molecular weight excluding hydrogens is 225 g/mol. The smallest absolute Gasteiger partial charge is 0.223 e. The summed E-state index contributed by atoms with van der Waals surface area (Å²) >= 11 is 0. The third-order valence-corrected chi connectivity index (χ3v) is 2.18. The van der Waals surface area contributed by atoms with Gasteiger partial charge < -0.3 is 15.0 Å². The highest BCUT2D eigenvalue weighted by Gasteiger charge is 2.10. The second-order valence-electron chi connectivity index (χ2n) is 3.45. The fraction of sp³-hybridized carbons (Fsp3) is 0.273. The molecule has 1 aromatic heterocycles. The van der Waals surface area contributed by atoms with E-state index in [0.29, 0.717) is 17.3 Å². The Bertz CT molecular complexity index is 513. The van der Waals surface area contributed by atoms with Gasteiger partial charge in [0, 0.05) is 19.0 Å². The molecule has 0 fully saturated rings. The Hall–Kier alpha value is -1.95. The van der Waals surface area contributed by atoms with Gasteiger partial charge in [-0.2, -0.15) is 4.98 Å². The van der Waals surface area contributed by atoms with Gasteiger partial charge in [-0.3, -0.25) is 0 Å². The van der Waals surface area contributed by atoms with Gasteiger partial charge in [0.2, 0.25) is 11.7 Å². The van der Waals surface area contributed by atoms with E-state index in [9.17, 15) is 4.39 Å². The topological polar surface area (TPSA) is 74.2 Å². The molecule has 6 heteroatoms. The summed E-state index contributed by atoms with van der Waals surface area (Å²) in [5.41, 5.74) is 6.10. The van der Waals surface area contributed by atoms with Crippen LogP contribution in [0.4, 0.5) is 4.39 Å². The van der Waals surface area contributed by atoms with Crippen molar-refractivity contribution in [2.24, 2.45) is 5.73 Å². The molecule has 0 aliphatic heterocycles. The molecule has 0 bridgehead atoms. The van der Waals surface area contributed by atoms with Crippen LogP contribution in [0.2, 0.25) is 0 Å². The van der Waals surface area contributed by atoms with Gasteiger partial charge in [0.25, 0.3) is 0 Å². The fourth-order valence-corrected chi connectivity index (χ4v) is 1.41. The summed E-state index contributed by atoms with van der Waals surface area (Å²) in [7, 11) is 0. The van der Waals surface area contributed by atoms with Crippen LogP contribution in [0.15, 0.2) is 22.7 Å². The quantitative estimate of drug-likeness (QED) is 0.873. The van der Waals surface area contributed by atoms with Crippen LogP contribution in [0, 0.1) is 12.7 Å². The number of ether oxygens (including phenoxy) is 1. The number of halogens is 1. The average Bonchev–Trinajstić information content (AvgIpc) is 2.73. The van der Waals surface area contributed by atoms with Gasteiger partial charge in [-0.15, -0.1) is 0 Å². The number of hydrogen-bond donors (Lipinski definition) is 1. The molecule has 2 rings (SSSR count). The van der Waals surface area contributed by atoms with Crippen LogP contribution in [-0.2, 0) is 13.2 Å². The van der Waals surface area contributed by atoms with Crippen LogP contribution in [0.3, 0.4) is 0 Å². The molecule has 0 spiro atoms. The van der Waals surface area contributed by atoms with Crippen molar-refractivity contribution in [3.8, 4) is 5.75 Å². The zero-order chi connectivity index (χ0) is 12.3. The number of para-hydroxylation sites is 1. The van der Waals surface area contributed by atoms with Gasteiger partial charge in [-0.05, 0) is 6.07 Å². The van der Waals surface area contributed by atoms with Crippen LogP contribution in [0.25, 0.3) is 0 Å². The maximum absolute atomic E-state index is 13.5. The lowest BCUT2D eigenvalue weighted by atomic mass is 10.2. The maximum Gasteiger partial charge on any atom is 0.223 e. The Morgan fingerprint density at radius 1 is 1.47 bits per heavy atom. The monoisotopic (exact) mass is 237 g/mol. The molecule has 17 heavy (non-hydrogen) atoms. The molecule has 90 valence electrons. The molecule has 0 amide bonds. The number of aryl methyl sites for hydroxylation is 1. The first kappa shape index (κ1) is 11.5. The molecule has 1 aromatic carbocycles. The van der Waals surface area contributed by atoms with Crippen molar-refractivity contribution in [2.75, 3.05) is 0 Å². The minimum Gasteiger partial charge on any atom is -0.482 e. The van der Waals surface area contributed by atoms with Crippen LogP contribution in [0.1, 0.15) is 17.3 Å². The molecule has 2 N–H and O–H groups in total. The van der Waals surface area contributed by atoms with Crippen molar-refractivity contribution in [1.29, 1.82) is 0 Å². The lowest BCUT2D eigenvalue weighted by Gasteiger charge is -2.09. The highest BCUT2D eigenvalue weighted by Crippen LogP contribution is 2.22. The highest BCUT2D eigenvalue weighted by molar-refractivity contribution is 5.34. The Balaban J connectivity index is 2.13. The normalized spacial score (nSPS) is 10.5. The first-order valence-corrected chi connectivity index (χ1v) is 5.10. The Kier molecular flexibility index (Phi) is 3.34. The number of benzene rings is 1. The summed E-state index contributed by atoms with van der Waals surface area (Å²) in [5.74, 6) is 0.496. The summed E-state index contributed by atoms with van der Waals surface area (Å²) < 4.78 is 23.6. The van der Waals surface area contributed by atoms with E-state index in [-0.39, 0.29) is 18.9 Å². The largest absolute Gasteiger partial charge is 0.482 e. The van der Waals surface area contributed by atoms with E-state index in [2.05, 4.69) is 10.1 Å². The minimum atomic E-state index is -0.451. The van der Waals surface area contributed by atoms with Crippen molar-refractivity contribution in [3.63, 3.8) is 0 Å². The van der Waals surface area contributed by atoms with Crippen molar-refractivity contribution in [2.45, 2.75) is 20.1 Å². The predicted molar refractivity (Wildman–Crippen MR) is 57.7 cm³/mol. The number of nitrogens with two attached hydrogens (primary N) is 1. The third kappa shape index (κ3) is 2.59.